The molecule has 2 aromatic carbocycles. The van der Waals surface area contributed by atoms with Crippen molar-refractivity contribution in [3.63, 3.8) is 0 Å². The molecule has 0 bridgehead atoms. The van der Waals surface area contributed by atoms with Crippen molar-refractivity contribution in [2.24, 2.45) is 0 Å². The zero-order chi connectivity index (χ0) is 19.6. The van der Waals surface area contributed by atoms with Gasteiger partial charge < -0.3 is 24.8 Å². The first-order chi connectivity index (χ1) is 13.7. The van der Waals surface area contributed by atoms with Crippen LogP contribution < -0.4 is 24.8 Å². The van der Waals surface area contributed by atoms with Crippen molar-refractivity contribution in [2.45, 2.75) is 31.4 Å². The van der Waals surface area contributed by atoms with Crippen molar-refractivity contribution in [2.75, 3.05) is 0 Å². The Kier molecular flexibility index (Phi) is 16.0. The molecular formula is C25H22Cl2F2HfSi. The third kappa shape index (κ3) is 10.4. The predicted octanol–water partition coefficient (Wildman–Crippen LogP) is 0.881. The van der Waals surface area contributed by atoms with E-state index in [-0.39, 0.29) is 62.3 Å². The van der Waals surface area contributed by atoms with Crippen LogP contribution in [0, 0.1) is 23.8 Å². The van der Waals surface area contributed by atoms with Crippen LogP contribution in [0.2, 0.25) is 12.1 Å². The molecule has 1 saturated heterocycles. The van der Waals surface area contributed by atoms with Crippen molar-refractivity contribution < 1.29 is 59.4 Å². The van der Waals surface area contributed by atoms with Crippen LogP contribution in [0.5, 0.6) is 0 Å². The summed E-state index contributed by atoms with van der Waals surface area (Å²) < 4.78 is 25.5. The van der Waals surface area contributed by atoms with Gasteiger partial charge in [0.2, 0.25) is 0 Å². The SMILES string of the molecule is C1C[Si]C1.Fc1cccc(C2=[C-]CC=C2)c1.Fc1cccc(C2=[C-]CC=C2)c1.[Cl-].[Cl-].[Hf+4]. The van der Waals surface area contributed by atoms with Crippen molar-refractivity contribution in [1.82, 2.24) is 0 Å². The summed E-state index contributed by atoms with van der Waals surface area (Å²) in [6.07, 6.45) is 17.4. The molecule has 1 fully saturated rings. The van der Waals surface area contributed by atoms with E-state index in [1.807, 2.05) is 36.4 Å². The number of hydrogen-bond acceptors (Lipinski definition) is 0. The molecule has 0 saturated carbocycles. The van der Waals surface area contributed by atoms with Gasteiger partial charge in [-0.3, -0.25) is 0 Å². The standard InChI is InChI=1S/2C11H8F.C3H6Si.2ClH.Hf/c2*12-11-7-3-6-10(8-11)9-4-1-2-5-9;1-2-4-3-1;;;/h2*1,3-4,6-8H,2H2;1-3H2;2*1H;/q2*-1;;;;+4/p-2. The molecule has 1 heterocycles. The molecule has 0 nitrogen and oxygen atoms in total. The van der Waals surface area contributed by atoms with Gasteiger partial charge in [0.25, 0.3) is 0 Å². The van der Waals surface area contributed by atoms with E-state index >= 15 is 0 Å². The Labute approximate surface area is 218 Å². The average Bonchev–Trinajstić information content (AvgIpc) is 3.35. The fraction of sp³-hybridized carbons (Fsp3) is 0.200. The van der Waals surface area contributed by atoms with Crippen LogP contribution in [0.4, 0.5) is 8.78 Å². The van der Waals surface area contributed by atoms with Crippen LogP contribution in [0.3, 0.4) is 0 Å². The van der Waals surface area contributed by atoms with E-state index in [0.717, 1.165) is 35.1 Å². The van der Waals surface area contributed by atoms with Crippen LogP contribution in [0.1, 0.15) is 30.4 Å². The molecule has 0 N–H and O–H groups in total. The molecule has 1 aliphatic heterocycles. The van der Waals surface area contributed by atoms with Gasteiger partial charge in [-0.05, 0) is 12.1 Å². The number of hydrogen-bond donors (Lipinski definition) is 0. The predicted molar refractivity (Wildman–Crippen MR) is 114 cm³/mol. The molecule has 0 atom stereocenters. The first-order valence-electron chi connectivity index (χ1n) is 9.50. The Morgan fingerprint density at radius 2 is 1.10 bits per heavy atom. The molecule has 2 aromatic rings. The third-order valence-electron chi connectivity index (χ3n) is 4.37. The summed E-state index contributed by atoms with van der Waals surface area (Å²) in [4.78, 5) is 0. The summed E-state index contributed by atoms with van der Waals surface area (Å²) >= 11 is 0. The Hall–Kier alpha value is -1.07. The van der Waals surface area contributed by atoms with E-state index in [1.165, 1.54) is 52.3 Å². The smallest absolute Gasteiger partial charge is 1.00 e. The second kappa shape index (κ2) is 16.5. The molecule has 0 amide bonds. The van der Waals surface area contributed by atoms with Gasteiger partial charge in [0.15, 0.2) is 0 Å². The van der Waals surface area contributed by atoms with Crippen LogP contribution in [0.25, 0.3) is 11.1 Å². The molecule has 2 aliphatic carbocycles. The minimum absolute atomic E-state index is 0. The Bertz CT molecular complexity index is 844. The molecule has 0 unspecified atom stereocenters. The van der Waals surface area contributed by atoms with E-state index in [9.17, 15) is 8.78 Å². The number of benzene rings is 2. The van der Waals surface area contributed by atoms with Gasteiger partial charge >= 0.3 is 25.8 Å². The maximum atomic E-state index is 12.8. The quantitative estimate of drug-likeness (QED) is 0.339. The molecule has 31 heavy (non-hydrogen) atoms. The Morgan fingerprint density at radius 1 is 0.710 bits per heavy atom. The average molecular weight is 638 g/mol. The fourth-order valence-electron chi connectivity index (χ4n) is 2.69. The summed E-state index contributed by atoms with van der Waals surface area (Å²) in [7, 11) is 1.32. The zero-order valence-electron chi connectivity index (χ0n) is 17.0. The number of halogens is 4. The van der Waals surface area contributed by atoms with Crippen molar-refractivity contribution >= 4 is 20.7 Å². The van der Waals surface area contributed by atoms with Gasteiger partial charge in [-0.1, -0.05) is 55.6 Å². The first kappa shape index (κ1) is 29.9. The fourth-order valence-corrected chi connectivity index (χ4v) is 3.05. The Balaban J connectivity index is 0.000000455. The minimum Gasteiger partial charge on any atom is -1.00 e. The number of rotatable bonds is 2. The summed E-state index contributed by atoms with van der Waals surface area (Å²) in [6, 6.07) is 16.2. The third-order valence-corrected chi connectivity index (χ3v) is 5.78. The van der Waals surface area contributed by atoms with Crippen LogP contribution >= 0.6 is 0 Å². The van der Waals surface area contributed by atoms with E-state index in [0.29, 0.717) is 0 Å². The van der Waals surface area contributed by atoms with Gasteiger partial charge in [0, 0.05) is 9.52 Å². The second-order valence-electron chi connectivity index (χ2n) is 6.52. The van der Waals surface area contributed by atoms with Gasteiger partial charge in [0.1, 0.15) is 11.6 Å². The van der Waals surface area contributed by atoms with Gasteiger partial charge in [-0.25, -0.2) is 8.78 Å². The zero-order valence-corrected chi connectivity index (χ0v) is 23.1. The molecule has 158 valence electrons. The normalized spacial score (nSPS) is 14.6. The summed E-state index contributed by atoms with van der Waals surface area (Å²) in [6.45, 7) is 0. The van der Waals surface area contributed by atoms with Crippen molar-refractivity contribution in [3.8, 4) is 0 Å². The summed E-state index contributed by atoms with van der Waals surface area (Å²) in [5, 5.41) is 0. The summed E-state index contributed by atoms with van der Waals surface area (Å²) in [5.41, 5.74) is 3.80. The molecule has 0 aromatic heterocycles. The second-order valence-corrected chi connectivity index (χ2v) is 8.02. The molecule has 5 rings (SSSR count). The maximum Gasteiger partial charge on any atom is 4.00 e. The monoisotopic (exact) mass is 638 g/mol. The minimum atomic E-state index is -0.192. The molecular weight excluding hydrogens is 616 g/mol. The molecule has 0 spiro atoms. The maximum absolute atomic E-state index is 12.8. The van der Waals surface area contributed by atoms with Gasteiger partial charge in [0.05, 0.1) is 0 Å². The molecule has 2 radical (unpaired) electrons. The Morgan fingerprint density at radius 3 is 1.35 bits per heavy atom. The summed E-state index contributed by atoms with van der Waals surface area (Å²) in [5.74, 6) is -0.385. The van der Waals surface area contributed by atoms with Crippen molar-refractivity contribution in [1.29, 1.82) is 0 Å². The largest absolute Gasteiger partial charge is 4.00 e. The van der Waals surface area contributed by atoms with E-state index in [2.05, 4.69) is 12.2 Å². The van der Waals surface area contributed by atoms with Gasteiger partial charge in [-0.15, -0.1) is 35.4 Å². The van der Waals surface area contributed by atoms with Crippen molar-refractivity contribution in [3.05, 3.63) is 108 Å². The van der Waals surface area contributed by atoms with E-state index < -0.39 is 0 Å². The molecule has 3 aliphatic rings. The van der Waals surface area contributed by atoms with E-state index in [4.69, 9.17) is 0 Å². The van der Waals surface area contributed by atoms with Gasteiger partial charge in [-0.2, -0.15) is 35.5 Å². The van der Waals surface area contributed by atoms with E-state index in [1.54, 1.807) is 12.1 Å². The van der Waals surface area contributed by atoms with Crippen LogP contribution in [0.15, 0.2) is 72.8 Å². The van der Waals surface area contributed by atoms with Crippen LogP contribution in [-0.2, 0) is 25.8 Å². The van der Waals surface area contributed by atoms with Crippen LogP contribution in [-0.4, -0.2) is 9.52 Å². The topological polar surface area (TPSA) is 0 Å². The first-order valence-corrected chi connectivity index (χ1v) is 10.9. The number of allylic oxidation sites excluding steroid dienone is 8. The molecule has 6 heteroatoms.